The number of nitrogens with one attached hydrogen (secondary N) is 2. The maximum Gasteiger partial charge on any atom is 0.228 e. The minimum Gasteiger partial charge on any atom is -0.352 e. The van der Waals surface area contributed by atoms with Gasteiger partial charge in [-0.25, -0.2) is 0 Å². The Hall–Kier alpha value is -0.830. The van der Waals surface area contributed by atoms with Gasteiger partial charge in [0.05, 0.1) is 5.41 Å². The third-order valence-electron chi connectivity index (χ3n) is 3.52. The van der Waals surface area contributed by atoms with Gasteiger partial charge < -0.3 is 10.6 Å². The van der Waals surface area contributed by atoms with Crippen molar-refractivity contribution >= 4 is 5.91 Å². The number of allylic oxidation sites excluding steroid dienone is 1. The van der Waals surface area contributed by atoms with E-state index in [1.54, 1.807) is 0 Å². The van der Waals surface area contributed by atoms with Gasteiger partial charge in [0, 0.05) is 13.1 Å². The lowest BCUT2D eigenvalue weighted by atomic mass is 9.75. The van der Waals surface area contributed by atoms with E-state index in [2.05, 4.69) is 24.5 Å². The quantitative estimate of drug-likeness (QED) is 0.714. The van der Waals surface area contributed by atoms with E-state index in [9.17, 15) is 4.79 Å². The van der Waals surface area contributed by atoms with E-state index in [1.807, 2.05) is 19.9 Å². The van der Waals surface area contributed by atoms with Gasteiger partial charge in [-0.2, -0.15) is 0 Å². The Morgan fingerprint density at radius 1 is 1.50 bits per heavy atom. The average molecular weight is 224 g/mol. The molecule has 2 N–H and O–H groups in total. The van der Waals surface area contributed by atoms with Crippen LogP contribution in [-0.4, -0.2) is 25.5 Å². The Labute approximate surface area is 98.7 Å². The van der Waals surface area contributed by atoms with E-state index < -0.39 is 0 Å². The molecule has 1 fully saturated rings. The highest BCUT2D eigenvalue weighted by molar-refractivity contribution is 5.83. The molecule has 3 heteroatoms. The highest BCUT2D eigenvalue weighted by atomic mass is 16.2. The summed E-state index contributed by atoms with van der Waals surface area (Å²) >= 11 is 0. The normalized spacial score (nSPS) is 24.6. The number of hydrogen-bond donors (Lipinski definition) is 2. The van der Waals surface area contributed by atoms with Gasteiger partial charge in [-0.1, -0.05) is 25.5 Å². The van der Waals surface area contributed by atoms with Gasteiger partial charge in [-0.05, 0) is 32.7 Å². The third kappa shape index (κ3) is 2.85. The minimum atomic E-state index is -0.199. The fraction of sp³-hybridized carbons (Fsp3) is 0.769. The van der Waals surface area contributed by atoms with Crippen molar-refractivity contribution in [1.82, 2.24) is 10.6 Å². The van der Waals surface area contributed by atoms with Crippen LogP contribution in [0.25, 0.3) is 0 Å². The van der Waals surface area contributed by atoms with E-state index in [1.165, 1.54) is 5.57 Å². The lowest BCUT2D eigenvalue weighted by Crippen LogP contribution is -2.46. The van der Waals surface area contributed by atoms with Crippen molar-refractivity contribution in [2.45, 2.75) is 34.1 Å². The number of hydrogen-bond acceptors (Lipinski definition) is 2. The zero-order chi connectivity index (χ0) is 12.2. The molecule has 0 saturated carbocycles. The van der Waals surface area contributed by atoms with Gasteiger partial charge in [0.2, 0.25) is 5.91 Å². The molecule has 1 aliphatic heterocycles. The van der Waals surface area contributed by atoms with Gasteiger partial charge >= 0.3 is 0 Å². The standard InChI is InChI=1S/C13H24N2O/c1-10(2)5-7-15-12(16)13(11(3)4)6-8-14-9-13/h5,11,14H,6-9H2,1-4H3,(H,15,16). The monoisotopic (exact) mass is 224 g/mol. The van der Waals surface area contributed by atoms with Crippen molar-refractivity contribution in [1.29, 1.82) is 0 Å². The lowest BCUT2D eigenvalue weighted by Gasteiger charge is -2.30. The molecule has 1 atom stereocenters. The summed E-state index contributed by atoms with van der Waals surface area (Å²) in [6.07, 6.45) is 3.00. The van der Waals surface area contributed by atoms with E-state index in [0.29, 0.717) is 12.5 Å². The van der Waals surface area contributed by atoms with Crippen molar-refractivity contribution in [3.8, 4) is 0 Å². The largest absolute Gasteiger partial charge is 0.352 e. The molecule has 0 aliphatic carbocycles. The molecule has 1 unspecified atom stereocenters. The van der Waals surface area contributed by atoms with Crippen molar-refractivity contribution in [2.75, 3.05) is 19.6 Å². The molecule has 92 valence electrons. The molecule has 1 aliphatic rings. The molecular weight excluding hydrogens is 200 g/mol. The summed E-state index contributed by atoms with van der Waals surface area (Å²) in [6.45, 7) is 10.8. The third-order valence-corrected chi connectivity index (χ3v) is 3.52. The summed E-state index contributed by atoms with van der Waals surface area (Å²) in [5.41, 5.74) is 1.04. The molecule has 0 aromatic heterocycles. The summed E-state index contributed by atoms with van der Waals surface area (Å²) < 4.78 is 0. The first-order chi connectivity index (χ1) is 7.49. The Balaban J connectivity index is 2.59. The Kier molecular flexibility index (Phi) is 4.54. The lowest BCUT2D eigenvalue weighted by molar-refractivity contribution is -0.132. The first-order valence-electron chi connectivity index (χ1n) is 6.11. The molecule has 16 heavy (non-hydrogen) atoms. The van der Waals surface area contributed by atoms with Crippen LogP contribution in [-0.2, 0) is 4.79 Å². The zero-order valence-corrected chi connectivity index (χ0v) is 10.9. The number of carbonyl (C=O) groups is 1. The first-order valence-corrected chi connectivity index (χ1v) is 6.11. The smallest absolute Gasteiger partial charge is 0.228 e. The molecule has 3 nitrogen and oxygen atoms in total. The van der Waals surface area contributed by atoms with Crippen molar-refractivity contribution in [3.63, 3.8) is 0 Å². The molecule has 0 bridgehead atoms. The maximum absolute atomic E-state index is 12.2. The van der Waals surface area contributed by atoms with Crippen LogP contribution >= 0.6 is 0 Å². The van der Waals surface area contributed by atoms with Crippen molar-refractivity contribution < 1.29 is 4.79 Å². The molecule has 1 saturated heterocycles. The van der Waals surface area contributed by atoms with E-state index >= 15 is 0 Å². The van der Waals surface area contributed by atoms with Crippen molar-refractivity contribution in [3.05, 3.63) is 11.6 Å². The van der Waals surface area contributed by atoms with Crippen LogP contribution in [0.15, 0.2) is 11.6 Å². The van der Waals surface area contributed by atoms with Crippen LogP contribution in [0.1, 0.15) is 34.1 Å². The van der Waals surface area contributed by atoms with Crippen LogP contribution in [0.5, 0.6) is 0 Å². The fourth-order valence-electron chi connectivity index (χ4n) is 2.18. The number of amides is 1. The van der Waals surface area contributed by atoms with E-state index in [0.717, 1.165) is 19.5 Å². The molecule has 1 amide bonds. The van der Waals surface area contributed by atoms with Gasteiger partial charge in [0.25, 0.3) is 0 Å². The summed E-state index contributed by atoms with van der Waals surface area (Å²) in [5.74, 6) is 0.583. The molecular formula is C13H24N2O. The second-order valence-corrected chi connectivity index (χ2v) is 5.23. The Morgan fingerprint density at radius 3 is 2.62 bits per heavy atom. The Bertz CT molecular complexity index is 272. The molecule has 1 heterocycles. The van der Waals surface area contributed by atoms with Gasteiger partial charge in [-0.3, -0.25) is 4.79 Å². The average Bonchev–Trinajstić information content (AvgIpc) is 2.66. The SMILES string of the molecule is CC(C)=CCNC(=O)C1(C(C)C)CCNC1. The minimum absolute atomic E-state index is 0.199. The second-order valence-electron chi connectivity index (χ2n) is 5.23. The van der Waals surface area contributed by atoms with Crippen LogP contribution in [0.3, 0.4) is 0 Å². The van der Waals surface area contributed by atoms with Gasteiger partial charge in [-0.15, -0.1) is 0 Å². The summed E-state index contributed by atoms with van der Waals surface area (Å²) in [4.78, 5) is 12.2. The molecule has 0 aromatic carbocycles. The highest BCUT2D eigenvalue weighted by Crippen LogP contribution is 2.34. The topological polar surface area (TPSA) is 41.1 Å². The Morgan fingerprint density at radius 2 is 2.19 bits per heavy atom. The van der Waals surface area contributed by atoms with E-state index in [-0.39, 0.29) is 11.3 Å². The fourth-order valence-corrected chi connectivity index (χ4v) is 2.18. The molecule has 1 rings (SSSR count). The predicted molar refractivity (Wildman–Crippen MR) is 67.2 cm³/mol. The van der Waals surface area contributed by atoms with E-state index in [4.69, 9.17) is 0 Å². The summed E-state index contributed by atoms with van der Waals surface area (Å²) in [7, 11) is 0. The van der Waals surface area contributed by atoms with Crippen LogP contribution < -0.4 is 10.6 Å². The first kappa shape index (κ1) is 13.2. The van der Waals surface area contributed by atoms with Crippen molar-refractivity contribution in [2.24, 2.45) is 11.3 Å². The van der Waals surface area contributed by atoms with Crippen LogP contribution in [0.4, 0.5) is 0 Å². The highest BCUT2D eigenvalue weighted by Gasteiger charge is 2.43. The molecule has 0 spiro atoms. The summed E-state index contributed by atoms with van der Waals surface area (Å²) in [6, 6.07) is 0. The van der Waals surface area contributed by atoms with Gasteiger partial charge in [0.15, 0.2) is 0 Å². The predicted octanol–water partition coefficient (Wildman–Crippen LogP) is 1.70. The van der Waals surface area contributed by atoms with Crippen LogP contribution in [0.2, 0.25) is 0 Å². The maximum atomic E-state index is 12.2. The second kappa shape index (κ2) is 5.48. The number of carbonyl (C=O) groups excluding carboxylic acids is 1. The van der Waals surface area contributed by atoms with Gasteiger partial charge in [0.1, 0.15) is 0 Å². The molecule has 0 radical (unpaired) electrons. The number of rotatable bonds is 4. The molecule has 0 aromatic rings. The zero-order valence-electron chi connectivity index (χ0n) is 10.9. The summed E-state index contributed by atoms with van der Waals surface area (Å²) in [5, 5.41) is 6.32. The van der Waals surface area contributed by atoms with Crippen LogP contribution in [0, 0.1) is 11.3 Å².